The van der Waals surface area contributed by atoms with E-state index in [1.165, 1.54) is 12.1 Å². The standard InChI is InChI=1S/C12H15FO/c1-8-6-12(14,7-8)11-5-10(13)4-3-9(11)2/h3-5,8,14H,6-7H2,1-2H3. The van der Waals surface area contributed by atoms with Crippen molar-refractivity contribution in [3.8, 4) is 0 Å². The van der Waals surface area contributed by atoms with Crippen LogP contribution in [0.5, 0.6) is 0 Å². The molecule has 0 radical (unpaired) electrons. The average Bonchev–Trinajstić information content (AvgIpc) is 2.07. The number of hydrogen-bond acceptors (Lipinski definition) is 1. The fourth-order valence-corrected chi connectivity index (χ4v) is 2.41. The van der Waals surface area contributed by atoms with Crippen molar-refractivity contribution in [2.45, 2.75) is 32.3 Å². The maximum Gasteiger partial charge on any atom is 0.123 e. The highest BCUT2D eigenvalue weighted by Gasteiger charge is 2.42. The third-order valence-electron chi connectivity index (χ3n) is 3.07. The van der Waals surface area contributed by atoms with Crippen molar-refractivity contribution >= 4 is 0 Å². The molecule has 0 bridgehead atoms. The predicted molar refractivity (Wildman–Crippen MR) is 53.4 cm³/mol. The normalized spacial score (nSPS) is 31.3. The molecule has 0 atom stereocenters. The van der Waals surface area contributed by atoms with Crippen molar-refractivity contribution < 1.29 is 9.50 Å². The summed E-state index contributed by atoms with van der Waals surface area (Å²) in [6.07, 6.45) is 1.49. The molecule has 2 rings (SSSR count). The monoisotopic (exact) mass is 194 g/mol. The number of aryl methyl sites for hydroxylation is 1. The molecule has 1 aromatic carbocycles. The molecule has 0 saturated heterocycles. The molecule has 1 N–H and O–H groups in total. The van der Waals surface area contributed by atoms with Crippen molar-refractivity contribution in [3.63, 3.8) is 0 Å². The molecule has 0 aliphatic heterocycles. The topological polar surface area (TPSA) is 20.2 Å². The molecule has 1 aromatic rings. The second-order valence-electron chi connectivity index (χ2n) is 4.50. The second kappa shape index (κ2) is 3.06. The van der Waals surface area contributed by atoms with Gasteiger partial charge >= 0.3 is 0 Å². The number of hydrogen-bond donors (Lipinski definition) is 1. The van der Waals surface area contributed by atoms with Gasteiger partial charge in [0, 0.05) is 0 Å². The summed E-state index contributed by atoms with van der Waals surface area (Å²) in [4.78, 5) is 0. The summed E-state index contributed by atoms with van der Waals surface area (Å²) in [6.45, 7) is 4.01. The minimum absolute atomic E-state index is 0.265. The average molecular weight is 194 g/mol. The van der Waals surface area contributed by atoms with E-state index in [1.807, 2.05) is 6.92 Å². The smallest absolute Gasteiger partial charge is 0.123 e. The Morgan fingerprint density at radius 1 is 1.43 bits per heavy atom. The van der Waals surface area contributed by atoms with E-state index in [-0.39, 0.29) is 5.82 Å². The number of benzene rings is 1. The lowest BCUT2D eigenvalue weighted by Gasteiger charge is -2.43. The van der Waals surface area contributed by atoms with Crippen molar-refractivity contribution in [1.29, 1.82) is 0 Å². The number of rotatable bonds is 1. The van der Waals surface area contributed by atoms with Crippen molar-refractivity contribution in [3.05, 3.63) is 35.1 Å². The zero-order valence-electron chi connectivity index (χ0n) is 8.55. The van der Waals surface area contributed by atoms with Crippen LogP contribution < -0.4 is 0 Å². The lowest BCUT2D eigenvalue weighted by molar-refractivity contribution is -0.0744. The Morgan fingerprint density at radius 2 is 2.07 bits per heavy atom. The van der Waals surface area contributed by atoms with E-state index in [1.54, 1.807) is 6.07 Å². The van der Waals surface area contributed by atoms with E-state index in [0.717, 1.165) is 24.0 Å². The minimum Gasteiger partial charge on any atom is -0.385 e. The molecular weight excluding hydrogens is 179 g/mol. The molecule has 1 nitrogen and oxygen atoms in total. The van der Waals surface area contributed by atoms with E-state index >= 15 is 0 Å². The maximum absolute atomic E-state index is 13.0. The Kier molecular flexibility index (Phi) is 2.11. The van der Waals surface area contributed by atoms with E-state index in [9.17, 15) is 9.50 Å². The lowest BCUT2D eigenvalue weighted by Crippen LogP contribution is -2.40. The van der Waals surface area contributed by atoms with Crippen molar-refractivity contribution in [1.82, 2.24) is 0 Å². The lowest BCUT2D eigenvalue weighted by atomic mass is 9.67. The van der Waals surface area contributed by atoms with Crippen LogP contribution >= 0.6 is 0 Å². The first-order chi connectivity index (χ1) is 6.51. The van der Waals surface area contributed by atoms with Crippen LogP contribution in [0.4, 0.5) is 4.39 Å². The van der Waals surface area contributed by atoms with Gasteiger partial charge < -0.3 is 5.11 Å². The Bertz CT molecular complexity index is 353. The van der Waals surface area contributed by atoms with Crippen LogP contribution in [-0.2, 0) is 5.60 Å². The summed E-state index contributed by atoms with van der Waals surface area (Å²) in [5.74, 6) is 0.279. The Balaban J connectivity index is 2.36. The van der Waals surface area contributed by atoms with Gasteiger partial charge in [0.25, 0.3) is 0 Å². The fraction of sp³-hybridized carbons (Fsp3) is 0.500. The van der Waals surface area contributed by atoms with Crippen LogP contribution in [0.15, 0.2) is 18.2 Å². The molecule has 0 amide bonds. The van der Waals surface area contributed by atoms with E-state index in [0.29, 0.717) is 5.92 Å². The van der Waals surface area contributed by atoms with Gasteiger partial charge in [0.1, 0.15) is 5.82 Å². The van der Waals surface area contributed by atoms with Gasteiger partial charge in [0.15, 0.2) is 0 Å². The van der Waals surface area contributed by atoms with Crippen LogP contribution in [-0.4, -0.2) is 5.11 Å². The molecule has 1 saturated carbocycles. The van der Waals surface area contributed by atoms with Crippen LogP contribution in [0.25, 0.3) is 0 Å². The minimum atomic E-state index is -0.772. The summed E-state index contributed by atoms with van der Waals surface area (Å²) in [5, 5.41) is 10.2. The van der Waals surface area contributed by atoms with Gasteiger partial charge in [-0.25, -0.2) is 4.39 Å². The summed E-state index contributed by atoms with van der Waals surface area (Å²) in [7, 11) is 0. The zero-order chi connectivity index (χ0) is 10.3. The Labute approximate surface area is 83.6 Å². The highest BCUT2D eigenvalue weighted by atomic mass is 19.1. The van der Waals surface area contributed by atoms with Crippen LogP contribution in [0, 0.1) is 18.7 Å². The summed E-state index contributed by atoms with van der Waals surface area (Å²) >= 11 is 0. The van der Waals surface area contributed by atoms with Gasteiger partial charge in [-0.1, -0.05) is 13.0 Å². The van der Waals surface area contributed by atoms with Gasteiger partial charge in [0.2, 0.25) is 0 Å². The van der Waals surface area contributed by atoms with Crippen LogP contribution in [0.3, 0.4) is 0 Å². The van der Waals surface area contributed by atoms with Crippen LogP contribution in [0.2, 0.25) is 0 Å². The molecule has 0 spiro atoms. The second-order valence-corrected chi connectivity index (χ2v) is 4.50. The molecule has 0 unspecified atom stereocenters. The molecule has 0 heterocycles. The van der Waals surface area contributed by atoms with E-state index in [2.05, 4.69) is 6.92 Å². The quantitative estimate of drug-likeness (QED) is 0.728. The molecule has 14 heavy (non-hydrogen) atoms. The Hall–Kier alpha value is -0.890. The van der Waals surface area contributed by atoms with E-state index in [4.69, 9.17) is 0 Å². The predicted octanol–water partition coefficient (Wildman–Crippen LogP) is 2.75. The zero-order valence-corrected chi connectivity index (χ0v) is 8.55. The number of aliphatic hydroxyl groups is 1. The molecular formula is C12H15FO. The molecule has 1 fully saturated rings. The van der Waals surface area contributed by atoms with Crippen molar-refractivity contribution in [2.24, 2.45) is 5.92 Å². The summed E-state index contributed by atoms with van der Waals surface area (Å²) in [5.41, 5.74) is 0.961. The first-order valence-electron chi connectivity index (χ1n) is 5.00. The first-order valence-corrected chi connectivity index (χ1v) is 5.00. The van der Waals surface area contributed by atoms with Crippen molar-refractivity contribution in [2.75, 3.05) is 0 Å². The SMILES string of the molecule is Cc1ccc(F)cc1C1(O)CC(C)C1. The van der Waals surface area contributed by atoms with Gasteiger partial charge in [0.05, 0.1) is 5.60 Å². The summed E-state index contributed by atoms with van der Waals surface area (Å²) < 4.78 is 13.0. The molecule has 2 heteroatoms. The highest BCUT2D eigenvalue weighted by molar-refractivity contribution is 5.33. The highest BCUT2D eigenvalue weighted by Crippen LogP contribution is 2.46. The largest absolute Gasteiger partial charge is 0.385 e. The Morgan fingerprint density at radius 3 is 2.64 bits per heavy atom. The van der Waals surface area contributed by atoms with Gasteiger partial charge in [-0.15, -0.1) is 0 Å². The van der Waals surface area contributed by atoms with Crippen LogP contribution in [0.1, 0.15) is 30.9 Å². The first kappa shape index (κ1) is 9.66. The third-order valence-corrected chi connectivity index (χ3v) is 3.07. The molecule has 1 aliphatic rings. The summed E-state index contributed by atoms with van der Waals surface area (Å²) in [6, 6.07) is 4.62. The third kappa shape index (κ3) is 1.44. The van der Waals surface area contributed by atoms with E-state index < -0.39 is 5.60 Å². The number of halogens is 1. The van der Waals surface area contributed by atoms with Gasteiger partial charge in [-0.3, -0.25) is 0 Å². The fourth-order valence-electron chi connectivity index (χ4n) is 2.41. The maximum atomic E-state index is 13.0. The van der Waals surface area contributed by atoms with Gasteiger partial charge in [-0.05, 0) is 48.9 Å². The molecule has 76 valence electrons. The van der Waals surface area contributed by atoms with Gasteiger partial charge in [-0.2, -0.15) is 0 Å². The molecule has 1 aliphatic carbocycles. The molecule has 0 aromatic heterocycles.